The van der Waals surface area contributed by atoms with Crippen molar-refractivity contribution in [3.05, 3.63) is 62.4 Å². The lowest BCUT2D eigenvalue weighted by Gasteiger charge is -2.44. The first-order valence-electron chi connectivity index (χ1n) is 13.2. The Morgan fingerprint density at radius 1 is 1.17 bits per heavy atom. The fraction of sp³-hybridized carbons (Fsp3) is 0.536. The topological polar surface area (TPSA) is 74.3 Å². The molecule has 2 aliphatic heterocycles. The predicted octanol–water partition coefficient (Wildman–Crippen LogP) is 3.36. The van der Waals surface area contributed by atoms with Gasteiger partial charge in [0.1, 0.15) is 13.1 Å². The monoisotopic (exact) mass is 554 g/mol. The lowest BCUT2D eigenvalue weighted by atomic mass is 9.90. The van der Waals surface area contributed by atoms with Crippen molar-refractivity contribution in [2.24, 2.45) is 5.92 Å². The molecule has 3 aliphatic rings. The highest BCUT2D eigenvalue weighted by Gasteiger charge is 2.44. The Morgan fingerprint density at radius 3 is 2.61 bits per heavy atom. The van der Waals surface area contributed by atoms with Gasteiger partial charge in [0.05, 0.1) is 31.2 Å². The Kier molecular flexibility index (Phi) is 7.58. The minimum absolute atomic E-state index is 0.0455. The molecule has 36 heavy (non-hydrogen) atoms. The maximum absolute atomic E-state index is 13.5. The Labute approximate surface area is 222 Å². The van der Waals surface area contributed by atoms with E-state index >= 15 is 0 Å². The number of hydrogen-bond acceptors (Lipinski definition) is 5. The molecule has 2 saturated heterocycles. The van der Waals surface area contributed by atoms with Crippen LogP contribution in [0.15, 0.2) is 28.9 Å². The van der Waals surface area contributed by atoms with Gasteiger partial charge in [0.25, 0.3) is 6.41 Å². The molecule has 8 heteroatoms. The Hall–Kier alpha value is -2.13. The number of halogens is 1. The van der Waals surface area contributed by atoms with E-state index in [9.17, 15) is 9.59 Å². The van der Waals surface area contributed by atoms with Crippen LogP contribution in [0.1, 0.15) is 58.8 Å². The Morgan fingerprint density at radius 2 is 1.89 bits per heavy atom. The van der Waals surface area contributed by atoms with Crippen LogP contribution in [0.4, 0.5) is 0 Å². The number of aryl methyl sites for hydroxylation is 4. The molecule has 2 fully saturated rings. The van der Waals surface area contributed by atoms with Crippen molar-refractivity contribution in [1.29, 1.82) is 0 Å². The molecule has 1 aromatic heterocycles. The van der Waals surface area contributed by atoms with E-state index in [0.717, 1.165) is 48.9 Å². The van der Waals surface area contributed by atoms with E-state index in [4.69, 9.17) is 4.98 Å². The van der Waals surface area contributed by atoms with Crippen LogP contribution in [0.3, 0.4) is 0 Å². The molecule has 2 aromatic rings. The molecule has 1 atom stereocenters. The summed E-state index contributed by atoms with van der Waals surface area (Å²) in [6.45, 7) is 8.89. The largest absolute Gasteiger partial charge is 0.338 e. The van der Waals surface area contributed by atoms with E-state index < -0.39 is 0 Å². The number of carbonyl (C=O) groups is 2. The van der Waals surface area contributed by atoms with E-state index in [1.54, 1.807) is 0 Å². The molecule has 1 aliphatic carbocycles. The highest BCUT2D eigenvalue weighted by molar-refractivity contribution is 9.10. The number of fused-ring (bicyclic) bond motifs is 2. The van der Waals surface area contributed by atoms with Crippen molar-refractivity contribution >= 4 is 28.2 Å². The number of quaternary nitrogens is 1. The van der Waals surface area contributed by atoms with Crippen LogP contribution < -0.4 is 10.7 Å². The van der Waals surface area contributed by atoms with Gasteiger partial charge in [-0.25, -0.2) is 4.79 Å². The number of benzene rings is 1. The summed E-state index contributed by atoms with van der Waals surface area (Å²) in [6.07, 6.45) is 7.15. The van der Waals surface area contributed by atoms with Gasteiger partial charge in [-0.05, 0) is 103 Å². The summed E-state index contributed by atoms with van der Waals surface area (Å²) in [4.78, 5) is 32.6. The molecule has 1 aromatic carbocycles. The maximum Gasteiger partial charge on any atom is 0.338 e. The van der Waals surface area contributed by atoms with Crippen LogP contribution in [0, 0.1) is 19.8 Å². The summed E-state index contributed by atoms with van der Waals surface area (Å²) in [5.41, 5.74) is 10.7. The SMILES string of the molecule is Cc1cc(C)c2c(c1)CCc1cc(Br)cnc1C2N1CC[N+](NC=O)(C(=O)CC2CCNCC2)CC1. The molecule has 7 nitrogen and oxygen atoms in total. The number of piperazine rings is 1. The van der Waals surface area contributed by atoms with Gasteiger partial charge < -0.3 is 5.32 Å². The van der Waals surface area contributed by atoms with Gasteiger partial charge in [-0.2, -0.15) is 10.0 Å². The third kappa shape index (κ3) is 5.01. The third-order valence-corrected chi connectivity index (χ3v) is 8.82. The van der Waals surface area contributed by atoms with Crippen LogP contribution in [-0.4, -0.2) is 66.1 Å². The number of hydrogen-bond donors (Lipinski definition) is 2. The summed E-state index contributed by atoms with van der Waals surface area (Å²) >= 11 is 3.62. The average molecular weight is 556 g/mol. The Balaban J connectivity index is 1.44. The highest BCUT2D eigenvalue weighted by atomic mass is 79.9. The number of piperidine rings is 1. The molecule has 2 amide bonds. The van der Waals surface area contributed by atoms with Gasteiger partial charge in [-0.3, -0.25) is 14.7 Å². The zero-order valence-corrected chi connectivity index (χ0v) is 22.9. The van der Waals surface area contributed by atoms with E-state index in [-0.39, 0.29) is 16.5 Å². The smallest absolute Gasteiger partial charge is 0.317 e. The first-order valence-corrected chi connectivity index (χ1v) is 14.0. The molecule has 0 saturated carbocycles. The number of pyridine rings is 1. The number of rotatable bonds is 5. The third-order valence-electron chi connectivity index (χ3n) is 8.38. The van der Waals surface area contributed by atoms with Crippen molar-refractivity contribution in [2.45, 2.75) is 52.0 Å². The number of nitrogens with zero attached hydrogens (tertiary/aromatic N) is 3. The average Bonchev–Trinajstić information content (AvgIpc) is 3.02. The minimum atomic E-state index is 0.0455. The van der Waals surface area contributed by atoms with E-state index in [0.29, 0.717) is 44.9 Å². The van der Waals surface area contributed by atoms with Crippen LogP contribution in [-0.2, 0) is 22.4 Å². The van der Waals surface area contributed by atoms with Crippen molar-refractivity contribution in [3.63, 3.8) is 0 Å². The second kappa shape index (κ2) is 10.7. The summed E-state index contributed by atoms with van der Waals surface area (Å²) in [7, 11) is 0. The van der Waals surface area contributed by atoms with Gasteiger partial charge in [0.2, 0.25) is 0 Å². The summed E-state index contributed by atoms with van der Waals surface area (Å²) in [5, 5.41) is 3.37. The minimum Gasteiger partial charge on any atom is -0.317 e. The van der Waals surface area contributed by atoms with Crippen molar-refractivity contribution in [1.82, 2.24) is 20.6 Å². The molecule has 0 bridgehead atoms. The lowest BCUT2D eigenvalue weighted by Crippen LogP contribution is -2.69. The first kappa shape index (κ1) is 25.5. The van der Waals surface area contributed by atoms with Gasteiger partial charge in [0, 0.05) is 10.7 Å². The van der Waals surface area contributed by atoms with E-state index in [1.807, 2.05) is 6.20 Å². The van der Waals surface area contributed by atoms with Gasteiger partial charge in [0.15, 0.2) is 0 Å². The van der Waals surface area contributed by atoms with E-state index in [1.165, 1.54) is 27.8 Å². The summed E-state index contributed by atoms with van der Waals surface area (Å²) in [5.74, 6) is 0.540. The summed E-state index contributed by atoms with van der Waals surface area (Å²) < 4.78 is 1.06. The number of aromatic nitrogens is 1. The second-order valence-electron chi connectivity index (χ2n) is 10.7. The first-order chi connectivity index (χ1) is 17.4. The molecule has 192 valence electrons. The number of nitrogens with one attached hydrogen (secondary N) is 2. The zero-order valence-electron chi connectivity index (χ0n) is 21.4. The molecule has 0 radical (unpaired) electrons. The number of amides is 2. The van der Waals surface area contributed by atoms with Crippen LogP contribution in [0.5, 0.6) is 0 Å². The molecular formula is C28H37BrN5O2+. The molecular weight excluding hydrogens is 518 g/mol. The van der Waals surface area contributed by atoms with Gasteiger partial charge in [-0.15, -0.1) is 0 Å². The summed E-state index contributed by atoms with van der Waals surface area (Å²) in [6, 6.07) is 6.86. The van der Waals surface area contributed by atoms with Gasteiger partial charge in [-0.1, -0.05) is 17.7 Å². The molecule has 2 N–H and O–H groups in total. The fourth-order valence-electron chi connectivity index (χ4n) is 6.50. The standard InChI is InChI=1S/C28H36BrN5O2/c1-19-13-20(2)26-22(14-19)3-4-23-16-24(29)17-31-27(23)28(26)33-9-11-34(12-10-33,32-18-35)25(36)15-21-5-7-30-8-6-21/h13-14,16-18,21,28,30H,3-12,15H2,1-2H3/p+1. The molecule has 1 unspecified atom stereocenters. The van der Waals surface area contributed by atoms with Gasteiger partial charge >= 0.3 is 5.91 Å². The van der Waals surface area contributed by atoms with Crippen molar-refractivity contribution in [3.8, 4) is 0 Å². The van der Waals surface area contributed by atoms with Crippen molar-refractivity contribution < 1.29 is 14.2 Å². The van der Waals surface area contributed by atoms with E-state index in [2.05, 4.69) is 63.6 Å². The lowest BCUT2D eigenvalue weighted by molar-refractivity contribution is -0.893. The molecule has 5 rings (SSSR count). The van der Waals surface area contributed by atoms with Crippen LogP contribution in [0.2, 0.25) is 0 Å². The normalized spacial score (nSPS) is 22.2. The maximum atomic E-state index is 13.5. The zero-order chi connectivity index (χ0) is 25.3. The highest BCUT2D eigenvalue weighted by Crippen LogP contribution is 2.39. The van der Waals surface area contributed by atoms with Crippen LogP contribution in [0.25, 0.3) is 0 Å². The second-order valence-corrected chi connectivity index (χ2v) is 11.7. The van der Waals surface area contributed by atoms with Crippen molar-refractivity contribution in [2.75, 3.05) is 39.3 Å². The van der Waals surface area contributed by atoms with Crippen LogP contribution >= 0.6 is 15.9 Å². The molecule has 0 spiro atoms. The number of carbonyl (C=O) groups excluding carboxylic acids is 2. The predicted molar refractivity (Wildman–Crippen MR) is 143 cm³/mol. The Bertz CT molecular complexity index is 1140. The quantitative estimate of drug-likeness (QED) is 0.438. The molecule has 3 heterocycles. The fourth-order valence-corrected chi connectivity index (χ4v) is 6.88.